The van der Waals surface area contributed by atoms with Crippen LogP contribution < -0.4 is 10.6 Å². The molecule has 1 aliphatic rings. The van der Waals surface area contributed by atoms with E-state index in [0.717, 1.165) is 31.6 Å². The maximum atomic E-state index is 11.4. The van der Waals surface area contributed by atoms with Gasteiger partial charge in [0.25, 0.3) is 0 Å². The Balaban J connectivity index is 1.91. The van der Waals surface area contributed by atoms with Gasteiger partial charge in [-0.25, -0.2) is 19.3 Å². The number of anilines is 1. The fourth-order valence-corrected chi connectivity index (χ4v) is 2.38. The van der Waals surface area contributed by atoms with E-state index in [4.69, 9.17) is 5.11 Å². The largest absolute Gasteiger partial charge is 0.396 e. The van der Waals surface area contributed by atoms with Crippen LogP contribution in [0.3, 0.4) is 0 Å². The summed E-state index contributed by atoms with van der Waals surface area (Å²) in [6, 6.07) is 2.31. The molecule has 2 N–H and O–H groups in total. The van der Waals surface area contributed by atoms with Gasteiger partial charge in [0.15, 0.2) is 5.65 Å². The number of hydrogen-bond donors (Lipinski definition) is 2. The Morgan fingerprint density at radius 3 is 3.05 bits per heavy atom. The number of aromatic nitrogens is 4. The van der Waals surface area contributed by atoms with Crippen molar-refractivity contribution in [2.24, 2.45) is 0 Å². The fraction of sp³-hybridized carbons (Fsp3) is 0.583. The first-order valence-corrected chi connectivity index (χ1v) is 6.60. The lowest BCUT2D eigenvalue weighted by Gasteiger charge is -2.38. The molecule has 7 nitrogen and oxygen atoms in total. The van der Waals surface area contributed by atoms with Crippen LogP contribution in [0.1, 0.15) is 25.7 Å². The molecule has 2 aromatic heterocycles. The zero-order valence-electron chi connectivity index (χ0n) is 10.6. The van der Waals surface area contributed by atoms with Gasteiger partial charge in [0.05, 0.1) is 0 Å². The van der Waals surface area contributed by atoms with E-state index in [1.54, 1.807) is 0 Å². The number of aliphatic hydroxyl groups is 1. The van der Waals surface area contributed by atoms with Gasteiger partial charge in [0.1, 0.15) is 12.1 Å². The van der Waals surface area contributed by atoms with Gasteiger partial charge in [0.2, 0.25) is 0 Å². The zero-order valence-corrected chi connectivity index (χ0v) is 10.6. The first-order valence-electron chi connectivity index (χ1n) is 6.60. The summed E-state index contributed by atoms with van der Waals surface area (Å²) in [7, 11) is 0. The molecule has 0 unspecified atom stereocenters. The minimum atomic E-state index is -0.278. The van der Waals surface area contributed by atoms with Crippen LogP contribution in [-0.4, -0.2) is 43.9 Å². The highest BCUT2D eigenvalue weighted by Gasteiger charge is 2.26. The number of aromatic amines is 1. The number of hydrogen-bond acceptors (Lipinski definition) is 5. The molecule has 0 atom stereocenters. The van der Waals surface area contributed by atoms with Crippen molar-refractivity contribution in [1.29, 1.82) is 0 Å². The molecule has 1 aliphatic carbocycles. The van der Waals surface area contributed by atoms with Gasteiger partial charge in [-0.1, -0.05) is 0 Å². The molecule has 102 valence electrons. The van der Waals surface area contributed by atoms with E-state index < -0.39 is 0 Å². The summed E-state index contributed by atoms with van der Waals surface area (Å²) in [6.07, 6.45) is 5.78. The maximum absolute atomic E-state index is 11.4. The van der Waals surface area contributed by atoms with Gasteiger partial charge in [0, 0.05) is 25.3 Å². The second-order valence-corrected chi connectivity index (χ2v) is 4.86. The van der Waals surface area contributed by atoms with Crippen molar-refractivity contribution in [3.8, 4) is 0 Å². The Bertz CT molecular complexity index is 616. The molecule has 2 heterocycles. The third-order valence-electron chi connectivity index (χ3n) is 3.66. The van der Waals surface area contributed by atoms with Crippen LogP contribution in [0.5, 0.6) is 0 Å². The third kappa shape index (κ3) is 2.21. The minimum absolute atomic E-state index is 0.174. The van der Waals surface area contributed by atoms with Gasteiger partial charge in [-0.15, -0.1) is 0 Å². The maximum Gasteiger partial charge on any atom is 0.348 e. The lowest BCUT2D eigenvalue weighted by Crippen LogP contribution is -2.41. The van der Waals surface area contributed by atoms with Crippen LogP contribution >= 0.6 is 0 Å². The molecule has 1 saturated carbocycles. The van der Waals surface area contributed by atoms with Crippen LogP contribution in [0.15, 0.2) is 17.2 Å². The van der Waals surface area contributed by atoms with Gasteiger partial charge >= 0.3 is 5.69 Å². The summed E-state index contributed by atoms with van der Waals surface area (Å²) in [4.78, 5) is 17.9. The van der Waals surface area contributed by atoms with Crippen molar-refractivity contribution >= 4 is 11.5 Å². The summed E-state index contributed by atoms with van der Waals surface area (Å²) in [5, 5.41) is 15.4. The SMILES string of the molecule is O=c1[nH]nc2cc(N(CCCO)C3CCC3)ncn12. The molecule has 0 bridgehead atoms. The van der Waals surface area contributed by atoms with Gasteiger partial charge in [-0.05, 0) is 25.7 Å². The van der Waals surface area contributed by atoms with Crippen LogP contribution in [0.2, 0.25) is 0 Å². The lowest BCUT2D eigenvalue weighted by molar-refractivity contribution is 0.282. The second kappa shape index (κ2) is 5.00. The Kier molecular flexibility index (Phi) is 3.20. The predicted octanol–water partition coefficient (Wildman–Crippen LogP) is 0.159. The molecule has 1 fully saturated rings. The summed E-state index contributed by atoms with van der Waals surface area (Å²) in [5.74, 6) is 0.824. The normalized spacial score (nSPS) is 15.6. The van der Waals surface area contributed by atoms with Crippen LogP contribution in [-0.2, 0) is 0 Å². The van der Waals surface area contributed by atoms with Crippen molar-refractivity contribution < 1.29 is 5.11 Å². The number of nitrogens with zero attached hydrogens (tertiary/aromatic N) is 4. The smallest absolute Gasteiger partial charge is 0.348 e. The summed E-state index contributed by atoms with van der Waals surface area (Å²) in [6.45, 7) is 0.951. The van der Waals surface area contributed by atoms with E-state index in [1.165, 1.54) is 17.1 Å². The number of aliphatic hydroxyl groups excluding tert-OH is 1. The molecule has 0 amide bonds. The van der Waals surface area contributed by atoms with Crippen LogP contribution in [0.25, 0.3) is 5.65 Å². The fourth-order valence-electron chi connectivity index (χ4n) is 2.38. The van der Waals surface area contributed by atoms with Crippen molar-refractivity contribution in [1.82, 2.24) is 19.6 Å². The molecule has 0 saturated heterocycles. The van der Waals surface area contributed by atoms with E-state index in [9.17, 15) is 4.79 Å². The van der Waals surface area contributed by atoms with Gasteiger partial charge < -0.3 is 10.0 Å². The van der Waals surface area contributed by atoms with E-state index in [-0.39, 0.29) is 12.3 Å². The number of H-pyrrole nitrogens is 1. The highest BCUT2D eigenvalue weighted by Crippen LogP contribution is 2.28. The minimum Gasteiger partial charge on any atom is -0.396 e. The van der Waals surface area contributed by atoms with E-state index >= 15 is 0 Å². The molecule has 0 radical (unpaired) electrons. The Morgan fingerprint density at radius 1 is 1.53 bits per heavy atom. The first-order chi connectivity index (χ1) is 9.29. The van der Waals surface area contributed by atoms with E-state index in [1.807, 2.05) is 6.07 Å². The van der Waals surface area contributed by atoms with Crippen LogP contribution in [0, 0.1) is 0 Å². The van der Waals surface area contributed by atoms with Crippen molar-refractivity contribution in [3.05, 3.63) is 22.9 Å². The second-order valence-electron chi connectivity index (χ2n) is 4.86. The van der Waals surface area contributed by atoms with Crippen molar-refractivity contribution in [3.63, 3.8) is 0 Å². The first kappa shape index (κ1) is 12.2. The number of fused-ring (bicyclic) bond motifs is 1. The van der Waals surface area contributed by atoms with E-state index in [2.05, 4.69) is 20.1 Å². The molecular formula is C12H17N5O2. The third-order valence-corrected chi connectivity index (χ3v) is 3.66. The van der Waals surface area contributed by atoms with Gasteiger partial charge in [-0.2, -0.15) is 5.10 Å². The van der Waals surface area contributed by atoms with Gasteiger partial charge in [-0.3, -0.25) is 0 Å². The quantitative estimate of drug-likeness (QED) is 0.802. The highest BCUT2D eigenvalue weighted by molar-refractivity contribution is 5.51. The molecule has 0 aromatic carbocycles. The van der Waals surface area contributed by atoms with Crippen molar-refractivity contribution in [2.75, 3.05) is 18.1 Å². The molecular weight excluding hydrogens is 246 g/mol. The Morgan fingerprint density at radius 2 is 2.37 bits per heavy atom. The predicted molar refractivity (Wildman–Crippen MR) is 70.3 cm³/mol. The molecule has 0 spiro atoms. The molecule has 19 heavy (non-hydrogen) atoms. The zero-order chi connectivity index (χ0) is 13.2. The lowest BCUT2D eigenvalue weighted by atomic mass is 9.91. The summed E-state index contributed by atoms with van der Waals surface area (Å²) < 4.78 is 1.38. The number of rotatable bonds is 5. The topological polar surface area (TPSA) is 86.5 Å². The monoisotopic (exact) mass is 263 g/mol. The molecule has 2 aromatic rings. The number of nitrogens with one attached hydrogen (secondary N) is 1. The average Bonchev–Trinajstić information content (AvgIpc) is 2.73. The Hall–Kier alpha value is -1.89. The summed E-state index contributed by atoms with van der Waals surface area (Å²) >= 11 is 0. The summed E-state index contributed by atoms with van der Waals surface area (Å²) in [5.41, 5.74) is 0.294. The van der Waals surface area contributed by atoms with Crippen molar-refractivity contribution in [2.45, 2.75) is 31.7 Å². The Labute approximate surface area is 109 Å². The average molecular weight is 263 g/mol. The van der Waals surface area contributed by atoms with Crippen LogP contribution in [0.4, 0.5) is 5.82 Å². The molecule has 0 aliphatic heterocycles. The highest BCUT2D eigenvalue weighted by atomic mass is 16.3. The molecule has 3 rings (SSSR count). The standard InChI is InChI=1S/C12H17N5O2/c18-6-2-5-16(9-3-1-4-9)10-7-11-14-15-12(19)17(11)8-13-10/h7-9,18H,1-6H2,(H,15,19). The molecule has 7 heteroatoms. The van der Waals surface area contributed by atoms with E-state index in [0.29, 0.717) is 11.7 Å².